The Labute approximate surface area is 142 Å². The summed E-state index contributed by atoms with van der Waals surface area (Å²) >= 11 is 6.02. The van der Waals surface area contributed by atoms with Crippen LogP contribution in [0.2, 0.25) is 5.02 Å². The van der Waals surface area contributed by atoms with Gasteiger partial charge >= 0.3 is 0 Å². The number of ether oxygens (including phenoxy) is 1. The first-order chi connectivity index (χ1) is 11.4. The summed E-state index contributed by atoms with van der Waals surface area (Å²) in [6.07, 6.45) is 0.0579. The van der Waals surface area contributed by atoms with Gasteiger partial charge in [0.15, 0.2) is 5.60 Å². The van der Waals surface area contributed by atoms with E-state index in [0.29, 0.717) is 16.5 Å². The molecule has 2 amide bonds. The molecule has 2 aromatic rings. The number of aromatic amines is 1. The number of rotatable bonds is 4. The number of carbonyl (C=O) groups is 2. The minimum atomic E-state index is -1.02. The van der Waals surface area contributed by atoms with Crippen molar-refractivity contribution in [1.82, 2.24) is 20.6 Å². The third-order valence-corrected chi connectivity index (χ3v) is 3.73. The van der Waals surface area contributed by atoms with E-state index in [1.165, 1.54) is 4.90 Å². The molecule has 0 atom stereocenters. The van der Waals surface area contributed by atoms with Crippen LogP contribution in [0, 0.1) is 0 Å². The molecule has 0 fully saturated rings. The van der Waals surface area contributed by atoms with Crippen molar-refractivity contribution in [3.63, 3.8) is 0 Å². The van der Waals surface area contributed by atoms with Gasteiger partial charge in [-0.2, -0.15) is 5.21 Å². The number of hydrogen-bond acceptors (Lipinski definition) is 6. The number of hydrogen-bond donors (Lipinski definition) is 2. The van der Waals surface area contributed by atoms with E-state index in [1.807, 2.05) is 0 Å². The molecule has 1 aromatic heterocycles. The summed E-state index contributed by atoms with van der Waals surface area (Å²) in [4.78, 5) is 26.1. The lowest BCUT2D eigenvalue weighted by molar-refractivity contribution is -0.132. The number of anilines is 2. The van der Waals surface area contributed by atoms with E-state index >= 15 is 0 Å². The molecule has 126 valence electrons. The van der Waals surface area contributed by atoms with Gasteiger partial charge in [-0.3, -0.25) is 14.9 Å². The molecule has 0 saturated carbocycles. The van der Waals surface area contributed by atoms with E-state index in [1.54, 1.807) is 32.0 Å². The standard InChI is InChI=1S/C14H15ClN6O3/c1-14(2)12(23)21(9-7-8(15)3-4-10(9)24-14)6-5-11(22)16-13-17-19-20-18-13/h3-4,7H,5-6H2,1-2H3,(H2,16,17,18,19,20,22). The van der Waals surface area contributed by atoms with Crippen LogP contribution in [-0.2, 0) is 9.59 Å². The topological polar surface area (TPSA) is 113 Å². The zero-order valence-electron chi connectivity index (χ0n) is 13.0. The average molecular weight is 351 g/mol. The van der Waals surface area contributed by atoms with E-state index in [9.17, 15) is 9.59 Å². The number of benzene rings is 1. The fraction of sp³-hybridized carbons (Fsp3) is 0.357. The zero-order valence-corrected chi connectivity index (χ0v) is 13.8. The van der Waals surface area contributed by atoms with Crippen molar-refractivity contribution in [3.8, 4) is 5.75 Å². The number of H-pyrrole nitrogens is 1. The van der Waals surface area contributed by atoms with Crippen molar-refractivity contribution in [2.24, 2.45) is 0 Å². The highest BCUT2D eigenvalue weighted by molar-refractivity contribution is 6.31. The van der Waals surface area contributed by atoms with Gasteiger partial charge in [-0.15, -0.1) is 5.10 Å². The van der Waals surface area contributed by atoms with Gasteiger partial charge in [0, 0.05) is 18.0 Å². The van der Waals surface area contributed by atoms with Gasteiger partial charge < -0.3 is 9.64 Å². The summed E-state index contributed by atoms with van der Waals surface area (Å²) in [5.74, 6) is 0.0429. The maximum Gasteiger partial charge on any atom is 0.270 e. The highest BCUT2D eigenvalue weighted by Gasteiger charge is 2.40. The number of nitrogens with zero attached hydrogens (tertiary/aromatic N) is 4. The van der Waals surface area contributed by atoms with E-state index in [-0.39, 0.29) is 30.7 Å². The SMILES string of the molecule is CC1(C)Oc2ccc(Cl)cc2N(CCC(=O)Nc2nn[nH]n2)C1=O. The Balaban J connectivity index is 1.77. The highest BCUT2D eigenvalue weighted by Crippen LogP contribution is 2.39. The molecule has 0 spiro atoms. The second-order valence-corrected chi connectivity index (χ2v) is 6.15. The third-order valence-electron chi connectivity index (χ3n) is 3.50. The Morgan fingerprint density at radius 3 is 2.96 bits per heavy atom. The average Bonchev–Trinajstić information content (AvgIpc) is 3.01. The summed E-state index contributed by atoms with van der Waals surface area (Å²) in [5, 5.41) is 15.8. The smallest absolute Gasteiger partial charge is 0.270 e. The molecule has 2 N–H and O–H groups in total. The number of aromatic nitrogens is 4. The molecular weight excluding hydrogens is 336 g/mol. The van der Waals surface area contributed by atoms with Crippen LogP contribution in [0.5, 0.6) is 5.75 Å². The third kappa shape index (κ3) is 3.16. The second-order valence-electron chi connectivity index (χ2n) is 5.71. The number of tetrazole rings is 1. The van der Waals surface area contributed by atoms with Crippen molar-refractivity contribution in [2.75, 3.05) is 16.8 Å². The number of carbonyl (C=O) groups excluding carboxylic acids is 2. The van der Waals surface area contributed by atoms with Gasteiger partial charge in [-0.05, 0) is 37.3 Å². The fourth-order valence-electron chi connectivity index (χ4n) is 2.38. The van der Waals surface area contributed by atoms with Gasteiger partial charge in [-0.25, -0.2) is 0 Å². The van der Waals surface area contributed by atoms with E-state index in [0.717, 1.165) is 0 Å². The van der Waals surface area contributed by atoms with E-state index in [4.69, 9.17) is 16.3 Å². The molecule has 1 aromatic carbocycles. The lowest BCUT2D eigenvalue weighted by Crippen LogP contribution is -2.53. The molecule has 0 unspecified atom stereocenters. The van der Waals surface area contributed by atoms with Crippen molar-refractivity contribution in [1.29, 1.82) is 0 Å². The molecule has 1 aliphatic heterocycles. The van der Waals surface area contributed by atoms with Gasteiger partial charge in [0.25, 0.3) is 11.9 Å². The van der Waals surface area contributed by atoms with Gasteiger partial charge in [-0.1, -0.05) is 16.7 Å². The minimum Gasteiger partial charge on any atom is -0.476 e. The normalized spacial score (nSPS) is 15.6. The Bertz CT molecular complexity index is 777. The monoisotopic (exact) mass is 350 g/mol. The predicted octanol–water partition coefficient (Wildman–Crippen LogP) is 1.39. The van der Waals surface area contributed by atoms with Crippen LogP contribution in [-0.4, -0.2) is 44.6 Å². The van der Waals surface area contributed by atoms with Crippen LogP contribution in [0.25, 0.3) is 0 Å². The molecule has 3 rings (SSSR count). The molecule has 9 nitrogen and oxygen atoms in total. The van der Waals surface area contributed by atoms with Crippen molar-refractivity contribution >= 4 is 35.1 Å². The Morgan fingerprint density at radius 1 is 1.46 bits per heavy atom. The molecule has 1 aliphatic rings. The number of amides is 2. The van der Waals surface area contributed by atoms with Crippen molar-refractivity contribution < 1.29 is 14.3 Å². The molecule has 24 heavy (non-hydrogen) atoms. The molecule has 0 aliphatic carbocycles. The molecule has 0 bridgehead atoms. The van der Waals surface area contributed by atoms with Crippen molar-refractivity contribution in [3.05, 3.63) is 23.2 Å². The Morgan fingerprint density at radius 2 is 2.25 bits per heavy atom. The van der Waals surface area contributed by atoms with Crippen LogP contribution in [0.1, 0.15) is 20.3 Å². The number of halogens is 1. The van der Waals surface area contributed by atoms with Crippen molar-refractivity contribution in [2.45, 2.75) is 25.9 Å². The highest BCUT2D eigenvalue weighted by atomic mass is 35.5. The summed E-state index contributed by atoms with van der Waals surface area (Å²) in [6, 6.07) is 5.03. The second kappa shape index (κ2) is 6.08. The van der Waals surface area contributed by atoms with E-state index < -0.39 is 5.60 Å². The minimum absolute atomic E-state index is 0.0579. The fourth-order valence-corrected chi connectivity index (χ4v) is 2.54. The van der Waals surface area contributed by atoms with Crippen LogP contribution < -0.4 is 15.0 Å². The number of fused-ring (bicyclic) bond motifs is 1. The molecule has 0 radical (unpaired) electrons. The largest absolute Gasteiger partial charge is 0.476 e. The Hall–Kier alpha value is -2.68. The summed E-state index contributed by atoms with van der Waals surface area (Å²) in [5.41, 5.74) is -0.482. The van der Waals surface area contributed by atoms with Gasteiger partial charge in [0.1, 0.15) is 5.75 Å². The first-order valence-corrected chi connectivity index (χ1v) is 7.58. The van der Waals surface area contributed by atoms with Gasteiger partial charge in [0.2, 0.25) is 5.91 Å². The summed E-state index contributed by atoms with van der Waals surface area (Å²) in [6.45, 7) is 3.53. The van der Waals surface area contributed by atoms with Crippen LogP contribution >= 0.6 is 11.6 Å². The molecule has 2 heterocycles. The lowest BCUT2D eigenvalue weighted by Gasteiger charge is -2.38. The predicted molar refractivity (Wildman–Crippen MR) is 85.9 cm³/mol. The summed E-state index contributed by atoms with van der Waals surface area (Å²) < 4.78 is 5.73. The zero-order chi connectivity index (χ0) is 17.3. The molecule has 0 saturated heterocycles. The summed E-state index contributed by atoms with van der Waals surface area (Å²) in [7, 11) is 0. The molecule has 10 heteroatoms. The Kier molecular flexibility index (Phi) is 4.10. The molecular formula is C14H15ClN6O3. The number of nitrogens with one attached hydrogen (secondary N) is 2. The quantitative estimate of drug-likeness (QED) is 0.861. The maximum atomic E-state index is 12.6. The van der Waals surface area contributed by atoms with Crippen LogP contribution in [0.3, 0.4) is 0 Å². The first-order valence-electron chi connectivity index (χ1n) is 7.20. The lowest BCUT2D eigenvalue weighted by atomic mass is 10.0. The van der Waals surface area contributed by atoms with E-state index in [2.05, 4.69) is 25.9 Å². The first kappa shape index (κ1) is 16.2. The van der Waals surface area contributed by atoms with Crippen LogP contribution in [0.15, 0.2) is 18.2 Å². The van der Waals surface area contributed by atoms with Crippen LogP contribution in [0.4, 0.5) is 11.6 Å². The van der Waals surface area contributed by atoms with Gasteiger partial charge in [0.05, 0.1) is 5.69 Å². The maximum absolute atomic E-state index is 12.6.